The summed E-state index contributed by atoms with van der Waals surface area (Å²) in [7, 11) is 3.81. The van der Waals surface area contributed by atoms with Crippen LogP contribution in [-0.4, -0.2) is 43.9 Å². The fraction of sp³-hybridized carbons (Fsp3) is 0.750. The standard InChI is InChI=1S/C8H17N3O2/c1-11(2)5-7(10-6-12)3-4-8(9)13/h6-7H,3-5H2,1-2H3,(H2,9,13)(H,10,12). The number of hydrogen-bond acceptors (Lipinski definition) is 3. The molecule has 0 fully saturated rings. The Morgan fingerprint density at radius 1 is 1.62 bits per heavy atom. The van der Waals surface area contributed by atoms with Gasteiger partial charge < -0.3 is 16.0 Å². The Morgan fingerprint density at radius 2 is 2.23 bits per heavy atom. The first-order valence-corrected chi connectivity index (χ1v) is 4.19. The second kappa shape index (κ2) is 6.42. The molecule has 13 heavy (non-hydrogen) atoms. The molecule has 1 unspecified atom stereocenters. The van der Waals surface area contributed by atoms with E-state index < -0.39 is 0 Å². The highest BCUT2D eigenvalue weighted by atomic mass is 16.1. The van der Waals surface area contributed by atoms with Gasteiger partial charge in [0.25, 0.3) is 0 Å². The summed E-state index contributed by atoms with van der Waals surface area (Å²) in [4.78, 5) is 22.6. The van der Waals surface area contributed by atoms with Crippen LogP contribution in [0.1, 0.15) is 12.8 Å². The molecule has 0 aromatic rings. The molecule has 0 aliphatic heterocycles. The van der Waals surface area contributed by atoms with Gasteiger partial charge >= 0.3 is 0 Å². The molecule has 0 aromatic carbocycles. The van der Waals surface area contributed by atoms with E-state index >= 15 is 0 Å². The molecule has 0 radical (unpaired) electrons. The topological polar surface area (TPSA) is 75.4 Å². The summed E-state index contributed by atoms with van der Waals surface area (Å²) in [6, 6.07) is -0.000000000000000222. The third-order valence-electron chi connectivity index (χ3n) is 1.63. The molecular weight excluding hydrogens is 170 g/mol. The van der Waals surface area contributed by atoms with Gasteiger partial charge in [-0.1, -0.05) is 0 Å². The van der Waals surface area contributed by atoms with E-state index in [1.54, 1.807) is 0 Å². The maximum Gasteiger partial charge on any atom is 0.217 e. The van der Waals surface area contributed by atoms with Gasteiger partial charge in [0.2, 0.25) is 12.3 Å². The lowest BCUT2D eigenvalue weighted by atomic mass is 10.1. The Kier molecular flexibility index (Phi) is 5.88. The Balaban J connectivity index is 3.79. The van der Waals surface area contributed by atoms with Crippen molar-refractivity contribution in [3.8, 4) is 0 Å². The summed E-state index contributed by atoms with van der Waals surface area (Å²) < 4.78 is 0. The Bertz CT molecular complexity index is 171. The first-order valence-electron chi connectivity index (χ1n) is 4.19. The summed E-state index contributed by atoms with van der Waals surface area (Å²) >= 11 is 0. The summed E-state index contributed by atoms with van der Waals surface area (Å²) in [5.41, 5.74) is 5.00. The predicted molar refractivity (Wildman–Crippen MR) is 50.0 cm³/mol. The molecule has 0 aromatic heterocycles. The summed E-state index contributed by atoms with van der Waals surface area (Å²) in [6.45, 7) is 0.714. The average molecular weight is 187 g/mol. The number of primary amides is 1. The van der Waals surface area contributed by atoms with Crippen molar-refractivity contribution in [1.82, 2.24) is 10.2 Å². The van der Waals surface area contributed by atoms with Crippen LogP contribution in [0.3, 0.4) is 0 Å². The minimum Gasteiger partial charge on any atom is -0.370 e. The Labute approximate surface area is 78.3 Å². The molecule has 5 nitrogen and oxygen atoms in total. The average Bonchev–Trinajstić information content (AvgIpc) is 1.99. The van der Waals surface area contributed by atoms with Crippen molar-refractivity contribution in [2.24, 2.45) is 5.73 Å². The van der Waals surface area contributed by atoms with Crippen LogP contribution in [0.25, 0.3) is 0 Å². The van der Waals surface area contributed by atoms with Crippen LogP contribution in [0.15, 0.2) is 0 Å². The second-order valence-corrected chi connectivity index (χ2v) is 3.25. The lowest BCUT2D eigenvalue weighted by Gasteiger charge is -2.19. The number of amides is 2. The van der Waals surface area contributed by atoms with Crippen LogP contribution < -0.4 is 11.1 Å². The maximum absolute atomic E-state index is 10.5. The summed E-state index contributed by atoms with van der Waals surface area (Å²) in [6.07, 6.45) is 1.54. The van der Waals surface area contributed by atoms with Crippen LogP contribution in [0.4, 0.5) is 0 Å². The number of hydrogen-bond donors (Lipinski definition) is 2. The molecule has 1 atom stereocenters. The molecule has 0 rings (SSSR count). The molecule has 3 N–H and O–H groups in total. The predicted octanol–water partition coefficient (Wildman–Crippen LogP) is -1.07. The van der Waals surface area contributed by atoms with Crippen LogP contribution in [-0.2, 0) is 9.59 Å². The normalized spacial score (nSPS) is 12.5. The van der Waals surface area contributed by atoms with Crippen molar-refractivity contribution >= 4 is 12.3 Å². The molecule has 0 heterocycles. The highest BCUT2D eigenvalue weighted by molar-refractivity contribution is 5.73. The van der Waals surface area contributed by atoms with Gasteiger partial charge in [0.1, 0.15) is 0 Å². The largest absolute Gasteiger partial charge is 0.370 e. The molecule has 5 heteroatoms. The quantitative estimate of drug-likeness (QED) is 0.498. The van der Waals surface area contributed by atoms with Gasteiger partial charge in [0, 0.05) is 19.0 Å². The van der Waals surface area contributed by atoms with Gasteiger partial charge in [0.15, 0.2) is 0 Å². The molecule has 0 bridgehead atoms. The minimum absolute atomic E-state index is 0.000000000000000222. The number of likely N-dealkylation sites (N-methyl/N-ethyl adjacent to an activating group) is 1. The van der Waals surface area contributed by atoms with E-state index in [0.717, 1.165) is 0 Å². The monoisotopic (exact) mass is 187 g/mol. The van der Waals surface area contributed by atoms with E-state index in [0.29, 0.717) is 25.8 Å². The first kappa shape index (κ1) is 11.9. The first-order chi connectivity index (χ1) is 6.06. The number of nitrogens with zero attached hydrogens (tertiary/aromatic N) is 1. The lowest BCUT2D eigenvalue weighted by molar-refractivity contribution is -0.118. The van der Waals surface area contributed by atoms with Crippen molar-refractivity contribution in [3.63, 3.8) is 0 Å². The Morgan fingerprint density at radius 3 is 2.62 bits per heavy atom. The summed E-state index contributed by atoms with van der Waals surface area (Å²) in [5, 5.41) is 2.64. The molecule has 0 saturated carbocycles. The van der Waals surface area contributed by atoms with Crippen LogP contribution >= 0.6 is 0 Å². The maximum atomic E-state index is 10.5. The van der Waals surface area contributed by atoms with Gasteiger partial charge in [-0.3, -0.25) is 9.59 Å². The van der Waals surface area contributed by atoms with Crippen LogP contribution in [0.5, 0.6) is 0 Å². The Hall–Kier alpha value is -1.10. The highest BCUT2D eigenvalue weighted by Crippen LogP contribution is 1.97. The fourth-order valence-electron chi connectivity index (χ4n) is 1.08. The van der Waals surface area contributed by atoms with E-state index in [1.807, 2.05) is 19.0 Å². The second-order valence-electron chi connectivity index (χ2n) is 3.25. The van der Waals surface area contributed by atoms with E-state index in [2.05, 4.69) is 5.32 Å². The summed E-state index contributed by atoms with van der Waals surface area (Å²) in [5.74, 6) is -0.337. The van der Waals surface area contributed by atoms with Crippen LogP contribution in [0, 0.1) is 0 Å². The van der Waals surface area contributed by atoms with Crippen molar-refractivity contribution in [1.29, 1.82) is 0 Å². The van der Waals surface area contributed by atoms with Gasteiger partial charge in [-0.15, -0.1) is 0 Å². The minimum atomic E-state index is -0.337. The zero-order valence-corrected chi connectivity index (χ0v) is 8.12. The van der Waals surface area contributed by atoms with E-state index in [-0.39, 0.29) is 11.9 Å². The number of nitrogens with one attached hydrogen (secondary N) is 1. The smallest absolute Gasteiger partial charge is 0.217 e. The molecule has 0 aliphatic rings. The number of carbonyl (C=O) groups is 2. The van der Waals surface area contributed by atoms with E-state index in [9.17, 15) is 9.59 Å². The van der Waals surface area contributed by atoms with Crippen LogP contribution in [0.2, 0.25) is 0 Å². The molecule has 76 valence electrons. The third kappa shape index (κ3) is 7.27. The fourth-order valence-corrected chi connectivity index (χ4v) is 1.08. The third-order valence-corrected chi connectivity index (χ3v) is 1.63. The van der Waals surface area contributed by atoms with Crippen molar-refractivity contribution < 1.29 is 9.59 Å². The number of carbonyl (C=O) groups excluding carboxylic acids is 2. The van der Waals surface area contributed by atoms with E-state index in [1.165, 1.54) is 0 Å². The van der Waals surface area contributed by atoms with Gasteiger partial charge in [0.05, 0.1) is 0 Å². The molecular formula is C8H17N3O2. The SMILES string of the molecule is CN(C)CC(CCC(N)=O)NC=O. The highest BCUT2D eigenvalue weighted by Gasteiger charge is 2.09. The molecule has 0 spiro atoms. The van der Waals surface area contributed by atoms with Crippen molar-refractivity contribution in [2.45, 2.75) is 18.9 Å². The van der Waals surface area contributed by atoms with E-state index in [4.69, 9.17) is 5.73 Å². The van der Waals surface area contributed by atoms with Gasteiger partial charge in [-0.25, -0.2) is 0 Å². The number of nitrogens with two attached hydrogens (primary N) is 1. The number of rotatable bonds is 7. The van der Waals surface area contributed by atoms with Crippen molar-refractivity contribution in [2.75, 3.05) is 20.6 Å². The lowest BCUT2D eigenvalue weighted by Crippen LogP contribution is -2.38. The van der Waals surface area contributed by atoms with Gasteiger partial charge in [-0.05, 0) is 20.5 Å². The zero-order chi connectivity index (χ0) is 10.3. The zero-order valence-electron chi connectivity index (χ0n) is 8.12. The molecule has 2 amide bonds. The van der Waals surface area contributed by atoms with Crippen molar-refractivity contribution in [3.05, 3.63) is 0 Å². The molecule has 0 aliphatic carbocycles. The molecule has 0 saturated heterocycles. The van der Waals surface area contributed by atoms with Gasteiger partial charge in [-0.2, -0.15) is 0 Å².